The van der Waals surface area contributed by atoms with E-state index < -0.39 is 0 Å². The van der Waals surface area contributed by atoms with Crippen LogP contribution in [0.25, 0.3) is 0 Å². The molecule has 1 aromatic rings. The maximum Gasteiger partial charge on any atom is 0.0492 e. The summed E-state index contributed by atoms with van der Waals surface area (Å²) in [6.45, 7) is 3.37. The van der Waals surface area contributed by atoms with Gasteiger partial charge in [0.25, 0.3) is 0 Å². The third-order valence-corrected chi connectivity index (χ3v) is 6.15. The zero-order valence-corrected chi connectivity index (χ0v) is 11.9. The number of benzene rings is 1. The van der Waals surface area contributed by atoms with Gasteiger partial charge in [-0.3, -0.25) is 0 Å². The van der Waals surface area contributed by atoms with Crippen molar-refractivity contribution < 1.29 is 0 Å². The minimum atomic E-state index is 0.295. The van der Waals surface area contributed by atoms with E-state index in [0.717, 1.165) is 30.2 Å². The monoisotopic (exact) mass is 255 g/mol. The molecule has 19 heavy (non-hydrogen) atoms. The highest BCUT2D eigenvalue weighted by Crippen LogP contribution is 2.61. The van der Waals surface area contributed by atoms with Crippen LogP contribution in [0.15, 0.2) is 30.3 Å². The van der Waals surface area contributed by atoms with Gasteiger partial charge in [-0.2, -0.15) is 0 Å². The Balaban J connectivity index is 1.79. The molecule has 102 valence electrons. The van der Waals surface area contributed by atoms with Crippen molar-refractivity contribution >= 4 is 0 Å². The second kappa shape index (κ2) is 4.34. The molecule has 4 aliphatic rings. The van der Waals surface area contributed by atoms with E-state index in [4.69, 9.17) is 0 Å². The second-order valence-corrected chi connectivity index (χ2v) is 7.07. The molecule has 4 fully saturated rings. The lowest BCUT2D eigenvalue weighted by atomic mass is 9.47. The van der Waals surface area contributed by atoms with Gasteiger partial charge >= 0.3 is 0 Å². The molecule has 1 nitrogen and oxygen atoms in total. The highest BCUT2D eigenvalue weighted by Gasteiger charge is 2.57. The molecule has 0 aliphatic heterocycles. The van der Waals surface area contributed by atoms with E-state index in [1.807, 2.05) is 0 Å². The Morgan fingerprint density at radius 1 is 0.947 bits per heavy atom. The molecule has 0 aromatic heterocycles. The molecule has 5 rings (SSSR count). The topological polar surface area (TPSA) is 12.0 Å². The first kappa shape index (κ1) is 12.0. The third kappa shape index (κ3) is 1.64. The van der Waals surface area contributed by atoms with E-state index in [0.29, 0.717) is 5.54 Å². The van der Waals surface area contributed by atoms with Crippen LogP contribution in [0.3, 0.4) is 0 Å². The highest BCUT2D eigenvalue weighted by molar-refractivity contribution is 5.30. The minimum absolute atomic E-state index is 0.295. The number of nitrogens with one attached hydrogen (secondary N) is 1. The van der Waals surface area contributed by atoms with E-state index in [2.05, 4.69) is 42.6 Å². The van der Waals surface area contributed by atoms with Crippen LogP contribution < -0.4 is 5.32 Å². The summed E-state index contributed by atoms with van der Waals surface area (Å²) in [5.41, 5.74) is 1.86. The third-order valence-electron chi connectivity index (χ3n) is 6.15. The summed E-state index contributed by atoms with van der Waals surface area (Å²) in [5, 5.41) is 3.96. The maximum absolute atomic E-state index is 3.96. The Morgan fingerprint density at radius 3 is 2.05 bits per heavy atom. The Kier molecular flexibility index (Phi) is 2.73. The van der Waals surface area contributed by atoms with E-state index in [1.54, 1.807) is 5.56 Å². The van der Waals surface area contributed by atoms with Crippen molar-refractivity contribution in [1.82, 2.24) is 5.32 Å². The molecule has 0 unspecified atom stereocenters. The fourth-order valence-corrected chi connectivity index (χ4v) is 5.80. The van der Waals surface area contributed by atoms with Crippen molar-refractivity contribution in [2.75, 3.05) is 6.54 Å². The molecule has 1 N–H and O–H groups in total. The van der Waals surface area contributed by atoms with Gasteiger partial charge in [-0.1, -0.05) is 37.3 Å². The van der Waals surface area contributed by atoms with Crippen LogP contribution >= 0.6 is 0 Å². The summed E-state index contributed by atoms with van der Waals surface area (Å²) >= 11 is 0. The first-order valence-corrected chi connectivity index (χ1v) is 8.13. The van der Waals surface area contributed by atoms with Crippen LogP contribution in [-0.4, -0.2) is 6.54 Å². The van der Waals surface area contributed by atoms with Gasteiger partial charge in [-0.15, -0.1) is 0 Å². The highest BCUT2D eigenvalue weighted by atomic mass is 15.0. The standard InChI is InChI=1S/C18H25N/c1-2-19-18(15-6-4-3-5-7-15)16-9-13-8-14(11-16)12-17(18)10-13/h3-7,13-14,16-17,19H,2,8-12H2,1H3. The molecule has 4 saturated carbocycles. The largest absolute Gasteiger partial charge is 0.307 e. The molecule has 4 bridgehead atoms. The lowest BCUT2D eigenvalue weighted by Gasteiger charge is -2.62. The number of rotatable bonds is 3. The predicted molar refractivity (Wildman–Crippen MR) is 78.8 cm³/mol. The van der Waals surface area contributed by atoms with Gasteiger partial charge in [0.15, 0.2) is 0 Å². The van der Waals surface area contributed by atoms with Gasteiger partial charge in [0.2, 0.25) is 0 Å². The lowest BCUT2D eigenvalue weighted by Crippen LogP contribution is -2.62. The van der Waals surface area contributed by atoms with Crippen LogP contribution in [-0.2, 0) is 5.54 Å². The van der Waals surface area contributed by atoms with Crippen molar-refractivity contribution in [3.8, 4) is 0 Å². The van der Waals surface area contributed by atoms with Gasteiger partial charge in [0.1, 0.15) is 0 Å². The van der Waals surface area contributed by atoms with E-state index in [9.17, 15) is 0 Å². The first-order valence-electron chi connectivity index (χ1n) is 8.13. The van der Waals surface area contributed by atoms with E-state index in [-0.39, 0.29) is 0 Å². The zero-order chi connectivity index (χ0) is 12.9. The van der Waals surface area contributed by atoms with Crippen LogP contribution in [0, 0.1) is 23.7 Å². The quantitative estimate of drug-likeness (QED) is 0.862. The summed E-state index contributed by atoms with van der Waals surface area (Å²) in [6, 6.07) is 11.3. The SMILES string of the molecule is CCNC1(c2ccccc2)C2CC3CC(C2)CC1C3. The summed E-state index contributed by atoms with van der Waals surface area (Å²) in [6.07, 6.45) is 7.40. The predicted octanol–water partition coefficient (Wildman–Crippen LogP) is 3.95. The molecule has 0 radical (unpaired) electrons. The Labute approximate surface area is 116 Å². The maximum atomic E-state index is 3.96. The van der Waals surface area contributed by atoms with E-state index >= 15 is 0 Å². The van der Waals surface area contributed by atoms with Gasteiger partial charge in [0, 0.05) is 5.54 Å². The Bertz CT molecular complexity index is 422. The normalized spacial score (nSPS) is 43.6. The fourth-order valence-electron chi connectivity index (χ4n) is 5.80. The average Bonchev–Trinajstić information content (AvgIpc) is 2.43. The molecular formula is C18H25N. The second-order valence-electron chi connectivity index (χ2n) is 7.07. The molecule has 4 aliphatic carbocycles. The van der Waals surface area contributed by atoms with Gasteiger partial charge in [-0.05, 0) is 67.9 Å². The van der Waals surface area contributed by atoms with Crippen molar-refractivity contribution in [2.24, 2.45) is 23.7 Å². The smallest absolute Gasteiger partial charge is 0.0492 e. The molecule has 1 heteroatoms. The Hall–Kier alpha value is -0.820. The Morgan fingerprint density at radius 2 is 1.53 bits per heavy atom. The summed E-state index contributed by atoms with van der Waals surface area (Å²) < 4.78 is 0. The molecule has 0 heterocycles. The lowest BCUT2D eigenvalue weighted by molar-refractivity contribution is -0.0770. The van der Waals surface area contributed by atoms with Gasteiger partial charge in [-0.25, -0.2) is 0 Å². The van der Waals surface area contributed by atoms with Gasteiger partial charge < -0.3 is 5.32 Å². The van der Waals surface area contributed by atoms with Crippen molar-refractivity contribution in [3.05, 3.63) is 35.9 Å². The summed E-state index contributed by atoms with van der Waals surface area (Å²) in [5.74, 6) is 3.84. The van der Waals surface area contributed by atoms with Crippen LogP contribution in [0.2, 0.25) is 0 Å². The minimum Gasteiger partial charge on any atom is -0.307 e. The number of hydrogen-bond donors (Lipinski definition) is 1. The van der Waals surface area contributed by atoms with E-state index in [1.165, 1.54) is 32.1 Å². The van der Waals surface area contributed by atoms with Crippen LogP contribution in [0.4, 0.5) is 0 Å². The first-order chi connectivity index (χ1) is 9.33. The van der Waals surface area contributed by atoms with Crippen molar-refractivity contribution in [1.29, 1.82) is 0 Å². The molecule has 0 amide bonds. The van der Waals surface area contributed by atoms with Gasteiger partial charge in [0.05, 0.1) is 0 Å². The fraction of sp³-hybridized carbons (Fsp3) is 0.667. The van der Waals surface area contributed by atoms with Crippen LogP contribution in [0.5, 0.6) is 0 Å². The molecular weight excluding hydrogens is 230 g/mol. The molecule has 1 aromatic carbocycles. The molecule has 0 atom stereocenters. The van der Waals surface area contributed by atoms with Crippen molar-refractivity contribution in [3.63, 3.8) is 0 Å². The van der Waals surface area contributed by atoms with Crippen LogP contribution in [0.1, 0.15) is 44.6 Å². The average molecular weight is 255 g/mol. The number of hydrogen-bond acceptors (Lipinski definition) is 1. The summed E-state index contributed by atoms with van der Waals surface area (Å²) in [7, 11) is 0. The zero-order valence-electron chi connectivity index (χ0n) is 11.9. The molecule has 0 spiro atoms. The van der Waals surface area contributed by atoms with Crippen molar-refractivity contribution in [2.45, 2.75) is 44.6 Å². The molecule has 0 saturated heterocycles. The summed E-state index contributed by atoms with van der Waals surface area (Å²) in [4.78, 5) is 0.